The molecule has 1 unspecified atom stereocenters. The predicted octanol–water partition coefficient (Wildman–Crippen LogP) is 7.55. The lowest BCUT2D eigenvalue weighted by atomic mass is 9.73. The number of ether oxygens (including phenoxy) is 1. The Morgan fingerprint density at radius 1 is 1.16 bits per heavy atom. The highest BCUT2D eigenvalue weighted by atomic mass is 79.9. The highest BCUT2D eigenvalue weighted by Gasteiger charge is 2.43. The fourth-order valence-electron chi connectivity index (χ4n) is 5.25. The summed E-state index contributed by atoms with van der Waals surface area (Å²) in [5.41, 5.74) is 3.39. The third kappa shape index (κ3) is 5.05. The summed E-state index contributed by atoms with van der Waals surface area (Å²) in [5, 5.41) is 14.4. The molecule has 1 heterocycles. The number of aromatic hydroxyl groups is 1. The van der Waals surface area contributed by atoms with Crippen molar-refractivity contribution in [2.24, 2.45) is 5.41 Å². The number of amides is 1. The van der Waals surface area contributed by atoms with E-state index in [2.05, 4.69) is 21.2 Å². The number of carbonyl (C=O) groups is 2. The summed E-state index contributed by atoms with van der Waals surface area (Å²) >= 11 is 10.3. The number of allylic oxidation sites excluding steroid dienone is 1. The van der Waals surface area contributed by atoms with E-state index in [0.29, 0.717) is 58.4 Å². The van der Waals surface area contributed by atoms with Gasteiger partial charge in [-0.05, 0) is 59.4 Å². The van der Waals surface area contributed by atoms with Gasteiger partial charge < -0.3 is 15.2 Å². The first-order valence-corrected chi connectivity index (χ1v) is 13.5. The molecular formula is C30H28BrClN2O4. The molecule has 1 aliphatic carbocycles. The van der Waals surface area contributed by atoms with Crippen LogP contribution in [0.25, 0.3) is 0 Å². The van der Waals surface area contributed by atoms with Crippen molar-refractivity contribution in [3.05, 3.63) is 92.6 Å². The maximum absolute atomic E-state index is 13.7. The lowest BCUT2D eigenvalue weighted by Crippen LogP contribution is -2.38. The van der Waals surface area contributed by atoms with Crippen LogP contribution in [0.15, 0.2) is 76.4 Å². The van der Waals surface area contributed by atoms with Gasteiger partial charge in [0.1, 0.15) is 23.8 Å². The molecule has 0 aromatic heterocycles. The standard InChI is InChI=1S/C30H28BrClN2O4/c1-17(35)34-24-5-4-6-25(36)28(24)33-23-14-30(2,3)15-26(37)27(23)29(34)21-12-11-20(13-22(21)32)38-16-18-7-9-19(31)10-8-18/h4-13,29,33,36H,14-16H2,1-3H3. The molecule has 1 amide bonds. The average Bonchev–Trinajstić information content (AvgIpc) is 2.98. The number of benzene rings is 3. The zero-order valence-electron chi connectivity index (χ0n) is 21.3. The minimum absolute atomic E-state index is 0.000125. The largest absolute Gasteiger partial charge is 0.506 e. The second-order valence-corrected chi connectivity index (χ2v) is 11.8. The van der Waals surface area contributed by atoms with Gasteiger partial charge in [0.2, 0.25) is 5.91 Å². The van der Waals surface area contributed by atoms with E-state index < -0.39 is 6.04 Å². The highest BCUT2D eigenvalue weighted by Crippen LogP contribution is 2.51. The van der Waals surface area contributed by atoms with Crippen molar-refractivity contribution in [3.8, 4) is 11.5 Å². The van der Waals surface area contributed by atoms with Gasteiger partial charge in [-0.1, -0.05) is 65.6 Å². The molecule has 6 nitrogen and oxygen atoms in total. The van der Waals surface area contributed by atoms with Crippen LogP contribution in [0.4, 0.5) is 11.4 Å². The van der Waals surface area contributed by atoms with Crippen LogP contribution >= 0.6 is 27.5 Å². The molecule has 0 fully saturated rings. The zero-order chi connectivity index (χ0) is 27.2. The average molecular weight is 596 g/mol. The van der Waals surface area contributed by atoms with Crippen LogP contribution in [0.5, 0.6) is 11.5 Å². The van der Waals surface area contributed by atoms with E-state index in [1.807, 2.05) is 44.2 Å². The maximum Gasteiger partial charge on any atom is 0.224 e. The molecule has 0 radical (unpaired) electrons. The van der Waals surface area contributed by atoms with Gasteiger partial charge in [-0.15, -0.1) is 0 Å². The number of anilines is 2. The van der Waals surface area contributed by atoms with Crippen molar-refractivity contribution < 1.29 is 19.4 Å². The minimum Gasteiger partial charge on any atom is -0.506 e. The van der Waals surface area contributed by atoms with Crippen molar-refractivity contribution in [2.75, 3.05) is 10.2 Å². The maximum atomic E-state index is 13.7. The van der Waals surface area contributed by atoms with Gasteiger partial charge >= 0.3 is 0 Å². The number of hydrogen-bond donors (Lipinski definition) is 2. The Bertz CT molecular complexity index is 1470. The number of nitrogens with zero attached hydrogens (tertiary/aromatic N) is 1. The third-order valence-electron chi connectivity index (χ3n) is 6.93. The van der Waals surface area contributed by atoms with Crippen LogP contribution in [0, 0.1) is 5.41 Å². The number of phenols is 1. The van der Waals surface area contributed by atoms with Crippen molar-refractivity contribution >= 4 is 50.6 Å². The number of para-hydroxylation sites is 1. The van der Waals surface area contributed by atoms with E-state index >= 15 is 0 Å². The molecule has 0 saturated carbocycles. The Balaban J connectivity index is 1.60. The SMILES string of the molecule is CC(=O)N1c2cccc(O)c2NC2=C(C(=O)CC(C)(C)C2)C1c1ccc(OCc2ccc(Br)cc2)cc1Cl. The second-order valence-electron chi connectivity index (χ2n) is 10.5. The Hall–Kier alpha value is -3.29. The summed E-state index contributed by atoms with van der Waals surface area (Å²) in [4.78, 5) is 28.4. The van der Waals surface area contributed by atoms with Gasteiger partial charge in [0.15, 0.2) is 5.78 Å². The summed E-state index contributed by atoms with van der Waals surface area (Å²) in [5.74, 6) is 0.242. The lowest BCUT2D eigenvalue weighted by Gasteiger charge is -2.37. The van der Waals surface area contributed by atoms with Crippen LogP contribution in [0.1, 0.15) is 50.8 Å². The van der Waals surface area contributed by atoms with E-state index in [9.17, 15) is 14.7 Å². The number of rotatable bonds is 4. The van der Waals surface area contributed by atoms with Crippen LogP contribution < -0.4 is 15.0 Å². The monoisotopic (exact) mass is 594 g/mol. The third-order valence-corrected chi connectivity index (χ3v) is 7.79. The fourth-order valence-corrected chi connectivity index (χ4v) is 5.79. The highest BCUT2D eigenvalue weighted by molar-refractivity contribution is 9.10. The molecule has 3 aromatic carbocycles. The molecule has 0 spiro atoms. The molecule has 0 saturated heterocycles. The van der Waals surface area contributed by atoms with Gasteiger partial charge in [0, 0.05) is 34.1 Å². The lowest BCUT2D eigenvalue weighted by molar-refractivity contribution is -0.118. The number of carbonyl (C=O) groups excluding carboxylic acids is 2. The second kappa shape index (κ2) is 10.1. The molecule has 2 N–H and O–H groups in total. The molecule has 0 bridgehead atoms. The summed E-state index contributed by atoms with van der Waals surface area (Å²) in [6, 6.07) is 17.4. The van der Waals surface area contributed by atoms with Gasteiger partial charge in [0.05, 0.1) is 11.7 Å². The Morgan fingerprint density at radius 3 is 2.58 bits per heavy atom. The zero-order valence-corrected chi connectivity index (χ0v) is 23.7. The van der Waals surface area contributed by atoms with Gasteiger partial charge in [0.25, 0.3) is 0 Å². The minimum atomic E-state index is -0.769. The molecule has 1 aliphatic heterocycles. The predicted molar refractivity (Wildman–Crippen MR) is 153 cm³/mol. The summed E-state index contributed by atoms with van der Waals surface area (Å²) in [6.45, 7) is 5.89. The number of phenolic OH excluding ortho intramolecular Hbond substituents is 1. The molecule has 5 rings (SSSR count). The van der Waals surface area contributed by atoms with Gasteiger partial charge in [-0.3, -0.25) is 14.5 Å². The Kier molecular flexibility index (Phi) is 7.01. The quantitative estimate of drug-likeness (QED) is 0.305. The number of Topliss-reactive ketones (excluding diaryl/α,β-unsaturated/α-hetero) is 1. The first kappa shape index (κ1) is 26.3. The van der Waals surface area contributed by atoms with Crippen LogP contribution in [-0.2, 0) is 16.2 Å². The van der Waals surface area contributed by atoms with Crippen molar-refractivity contribution in [2.45, 2.75) is 46.3 Å². The normalized spacial score (nSPS) is 18.3. The molecule has 38 heavy (non-hydrogen) atoms. The molecule has 2 aliphatic rings. The molecular weight excluding hydrogens is 568 g/mol. The fraction of sp³-hybridized carbons (Fsp3) is 0.267. The Morgan fingerprint density at radius 2 is 1.89 bits per heavy atom. The Labute approximate surface area is 235 Å². The van der Waals surface area contributed by atoms with E-state index in [-0.39, 0.29) is 22.9 Å². The van der Waals surface area contributed by atoms with Crippen LogP contribution in [0.3, 0.4) is 0 Å². The van der Waals surface area contributed by atoms with Crippen LogP contribution in [0.2, 0.25) is 5.02 Å². The molecule has 8 heteroatoms. The number of halogens is 2. The van der Waals surface area contributed by atoms with E-state index in [0.717, 1.165) is 10.0 Å². The first-order valence-electron chi connectivity index (χ1n) is 12.4. The van der Waals surface area contributed by atoms with Crippen LogP contribution in [-0.4, -0.2) is 16.8 Å². The summed E-state index contributed by atoms with van der Waals surface area (Å²) in [7, 11) is 0. The number of hydrogen-bond acceptors (Lipinski definition) is 5. The molecule has 1 atom stereocenters. The van der Waals surface area contributed by atoms with Crippen molar-refractivity contribution in [3.63, 3.8) is 0 Å². The van der Waals surface area contributed by atoms with Crippen molar-refractivity contribution in [1.29, 1.82) is 0 Å². The van der Waals surface area contributed by atoms with E-state index in [1.54, 1.807) is 35.2 Å². The van der Waals surface area contributed by atoms with Crippen molar-refractivity contribution in [1.82, 2.24) is 0 Å². The molecule has 196 valence electrons. The number of fused-ring (bicyclic) bond motifs is 1. The number of ketones is 1. The van der Waals surface area contributed by atoms with Gasteiger partial charge in [-0.25, -0.2) is 0 Å². The molecule has 3 aromatic rings. The topological polar surface area (TPSA) is 78.9 Å². The summed E-state index contributed by atoms with van der Waals surface area (Å²) < 4.78 is 6.97. The van der Waals surface area contributed by atoms with Gasteiger partial charge in [-0.2, -0.15) is 0 Å². The smallest absolute Gasteiger partial charge is 0.224 e. The van der Waals surface area contributed by atoms with E-state index in [4.69, 9.17) is 16.3 Å². The number of nitrogens with one attached hydrogen (secondary N) is 1. The first-order chi connectivity index (χ1) is 18.0. The van der Waals surface area contributed by atoms with E-state index in [1.165, 1.54) is 6.92 Å². The summed E-state index contributed by atoms with van der Waals surface area (Å²) in [6.07, 6.45) is 0.917.